The number of fused-ring (bicyclic) bond motifs is 1. The molecule has 3 heteroatoms. The van der Waals surface area contributed by atoms with Gasteiger partial charge in [-0.15, -0.1) is 0 Å². The van der Waals surface area contributed by atoms with Gasteiger partial charge in [0.2, 0.25) is 5.95 Å². The molecule has 1 heterocycles. The van der Waals surface area contributed by atoms with Gasteiger partial charge in [-0.3, -0.25) is 0 Å². The van der Waals surface area contributed by atoms with Crippen molar-refractivity contribution >= 4 is 17.0 Å². The van der Waals surface area contributed by atoms with Crippen LogP contribution in [0, 0.1) is 0 Å². The highest BCUT2D eigenvalue weighted by atomic mass is 15.1. The highest BCUT2D eigenvalue weighted by molar-refractivity contribution is 5.77. The van der Waals surface area contributed by atoms with Gasteiger partial charge < -0.3 is 10.3 Å². The summed E-state index contributed by atoms with van der Waals surface area (Å²) in [4.78, 5) is 7.78. The van der Waals surface area contributed by atoms with Crippen molar-refractivity contribution in [3.63, 3.8) is 0 Å². The fourth-order valence-corrected chi connectivity index (χ4v) is 2.30. The number of imidazole rings is 1. The molecule has 0 spiro atoms. The summed E-state index contributed by atoms with van der Waals surface area (Å²) < 4.78 is 0. The molecule has 0 atom stereocenters. The van der Waals surface area contributed by atoms with E-state index in [4.69, 9.17) is 0 Å². The lowest BCUT2D eigenvalue weighted by Crippen LogP contribution is -2.06. The Morgan fingerprint density at radius 2 is 1.75 bits per heavy atom. The van der Waals surface area contributed by atoms with Crippen molar-refractivity contribution in [3.8, 4) is 0 Å². The van der Waals surface area contributed by atoms with E-state index in [0.29, 0.717) is 0 Å². The first-order valence-electron chi connectivity index (χ1n) is 7.11. The molecule has 0 amide bonds. The van der Waals surface area contributed by atoms with Crippen LogP contribution in [0.5, 0.6) is 0 Å². The van der Waals surface area contributed by atoms with Gasteiger partial charge in [0.05, 0.1) is 11.0 Å². The molecule has 20 heavy (non-hydrogen) atoms. The molecule has 0 bridgehead atoms. The number of para-hydroxylation sites is 2. The van der Waals surface area contributed by atoms with E-state index < -0.39 is 0 Å². The number of aromatic nitrogens is 2. The number of aryl methyl sites for hydroxylation is 1. The van der Waals surface area contributed by atoms with Crippen LogP contribution in [0.25, 0.3) is 11.0 Å². The summed E-state index contributed by atoms with van der Waals surface area (Å²) in [6.45, 7) is 3.06. The lowest BCUT2D eigenvalue weighted by atomic mass is 10.1. The minimum absolute atomic E-state index is 0.844. The van der Waals surface area contributed by atoms with Crippen LogP contribution in [0.3, 0.4) is 0 Å². The van der Waals surface area contributed by atoms with Crippen molar-refractivity contribution in [2.45, 2.75) is 19.8 Å². The summed E-state index contributed by atoms with van der Waals surface area (Å²) in [5.41, 5.74) is 4.81. The second-order valence-corrected chi connectivity index (χ2v) is 4.95. The molecule has 0 aliphatic carbocycles. The van der Waals surface area contributed by atoms with Gasteiger partial charge in [-0.1, -0.05) is 43.3 Å². The summed E-state index contributed by atoms with van der Waals surface area (Å²) >= 11 is 0. The van der Waals surface area contributed by atoms with E-state index in [2.05, 4.69) is 46.5 Å². The molecule has 0 unspecified atom stereocenters. The van der Waals surface area contributed by atoms with Crippen molar-refractivity contribution in [1.82, 2.24) is 9.97 Å². The molecule has 2 N–H and O–H groups in total. The predicted octanol–water partition coefficient (Wildman–Crippen LogP) is 3.78. The minimum atomic E-state index is 0.844. The van der Waals surface area contributed by atoms with Gasteiger partial charge in [-0.05, 0) is 36.1 Å². The minimum Gasteiger partial charge on any atom is -0.355 e. The maximum Gasteiger partial charge on any atom is 0.201 e. The zero-order valence-electron chi connectivity index (χ0n) is 11.7. The molecule has 3 rings (SSSR count). The van der Waals surface area contributed by atoms with E-state index in [-0.39, 0.29) is 0 Å². The lowest BCUT2D eigenvalue weighted by molar-refractivity contribution is 0.995. The molecule has 0 aliphatic rings. The van der Waals surface area contributed by atoms with Crippen LogP contribution in [0.2, 0.25) is 0 Å². The number of benzene rings is 2. The molecular weight excluding hydrogens is 246 g/mol. The monoisotopic (exact) mass is 265 g/mol. The van der Waals surface area contributed by atoms with E-state index in [0.717, 1.165) is 36.4 Å². The molecular formula is C17H19N3. The van der Waals surface area contributed by atoms with Gasteiger partial charge in [0.25, 0.3) is 0 Å². The second kappa shape index (κ2) is 5.78. The lowest BCUT2D eigenvalue weighted by Gasteiger charge is -2.04. The van der Waals surface area contributed by atoms with Gasteiger partial charge in [-0.2, -0.15) is 0 Å². The first-order chi connectivity index (χ1) is 9.85. The molecule has 102 valence electrons. The Labute approximate surface area is 119 Å². The Balaban J connectivity index is 1.58. The smallest absolute Gasteiger partial charge is 0.201 e. The highest BCUT2D eigenvalue weighted by Gasteiger charge is 2.01. The van der Waals surface area contributed by atoms with Crippen LogP contribution < -0.4 is 5.32 Å². The van der Waals surface area contributed by atoms with Crippen LogP contribution in [-0.2, 0) is 12.8 Å². The molecule has 3 nitrogen and oxygen atoms in total. The topological polar surface area (TPSA) is 40.7 Å². The largest absolute Gasteiger partial charge is 0.355 e. The Hall–Kier alpha value is -2.29. The number of nitrogens with one attached hydrogen (secondary N) is 2. The molecule has 0 fully saturated rings. The molecule has 0 saturated carbocycles. The first-order valence-corrected chi connectivity index (χ1v) is 7.11. The summed E-state index contributed by atoms with van der Waals surface area (Å²) in [5, 5.41) is 3.34. The van der Waals surface area contributed by atoms with E-state index >= 15 is 0 Å². The molecule has 0 radical (unpaired) electrons. The number of rotatable bonds is 5. The van der Waals surface area contributed by atoms with E-state index in [1.54, 1.807) is 0 Å². The van der Waals surface area contributed by atoms with E-state index in [1.165, 1.54) is 11.1 Å². The standard InChI is InChI=1S/C17H19N3/c1-2-13-7-9-14(10-8-13)11-12-18-17-19-15-5-3-4-6-16(15)20-17/h3-10H,2,11-12H2,1H3,(H2,18,19,20). The van der Waals surface area contributed by atoms with E-state index in [9.17, 15) is 0 Å². The molecule has 0 aliphatic heterocycles. The predicted molar refractivity (Wildman–Crippen MR) is 84.1 cm³/mol. The van der Waals surface area contributed by atoms with Crippen molar-refractivity contribution in [1.29, 1.82) is 0 Å². The maximum atomic E-state index is 4.50. The number of H-pyrrole nitrogens is 1. The number of hydrogen-bond donors (Lipinski definition) is 2. The van der Waals surface area contributed by atoms with Crippen molar-refractivity contribution < 1.29 is 0 Å². The van der Waals surface area contributed by atoms with Gasteiger partial charge >= 0.3 is 0 Å². The fourth-order valence-electron chi connectivity index (χ4n) is 2.30. The van der Waals surface area contributed by atoms with Gasteiger partial charge in [0, 0.05) is 6.54 Å². The zero-order chi connectivity index (χ0) is 13.8. The third kappa shape index (κ3) is 2.82. The average Bonchev–Trinajstić information content (AvgIpc) is 2.90. The van der Waals surface area contributed by atoms with E-state index in [1.807, 2.05) is 24.3 Å². The quantitative estimate of drug-likeness (QED) is 0.737. The fraction of sp³-hybridized carbons (Fsp3) is 0.235. The number of aromatic amines is 1. The third-order valence-corrected chi connectivity index (χ3v) is 3.53. The van der Waals surface area contributed by atoms with Crippen LogP contribution in [0.4, 0.5) is 5.95 Å². The first kappa shape index (κ1) is 12.7. The van der Waals surface area contributed by atoms with Gasteiger partial charge in [-0.25, -0.2) is 4.98 Å². The van der Waals surface area contributed by atoms with Crippen LogP contribution in [-0.4, -0.2) is 16.5 Å². The van der Waals surface area contributed by atoms with Crippen LogP contribution >= 0.6 is 0 Å². The number of nitrogens with zero attached hydrogens (tertiary/aromatic N) is 1. The van der Waals surface area contributed by atoms with Crippen LogP contribution in [0.1, 0.15) is 18.1 Å². The third-order valence-electron chi connectivity index (χ3n) is 3.53. The van der Waals surface area contributed by atoms with Crippen LogP contribution in [0.15, 0.2) is 48.5 Å². The highest BCUT2D eigenvalue weighted by Crippen LogP contribution is 2.13. The normalized spacial score (nSPS) is 10.8. The maximum absolute atomic E-state index is 4.50. The summed E-state index contributed by atoms with van der Waals surface area (Å²) in [5.74, 6) is 0.844. The summed E-state index contributed by atoms with van der Waals surface area (Å²) in [7, 11) is 0. The number of hydrogen-bond acceptors (Lipinski definition) is 2. The molecule has 2 aromatic carbocycles. The molecule has 1 aromatic heterocycles. The van der Waals surface area contributed by atoms with Crippen molar-refractivity contribution in [3.05, 3.63) is 59.7 Å². The van der Waals surface area contributed by atoms with Gasteiger partial charge in [0.1, 0.15) is 0 Å². The Kier molecular flexibility index (Phi) is 3.68. The SMILES string of the molecule is CCc1ccc(CCNc2nc3ccccc3[nH]2)cc1. The average molecular weight is 265 g/mol. The Morgan fingerprint density at radius 3 is 2.50 bits per heavy atom. The molecule has 3 aromatic rings. The Bertz CT molecular complexity index is 650. The van der Waals surface area contributed by atoms with Gasteiger partial charge in [0.15, 0.2) is 0 Å². The Morgan fingerprint density at radius 1 is 1.00 bits per heavy atom. The van der Waals surface area contributed by atoms with Crippen molar-refractivity contribution in [2.24, 2.45) is 0 Å². The van der Waals surface area contributed by atoms with Crippen molar-refractivity contribution in [2.75, 3.05) is 11.9 Å². The number of anilines is 1. The zero-order valence-corrected chi connectivity index (χ0v) is 11.7. The summed E-state index contributed by atoms with van der Waals surface area (Å²) in [6.07, 6.45) is 2.10. The summed E-state index contributed by atoms with van der Waals surface area (Å²) in [6, 6.07) is 16.9. The second-order valence-electron chi connectivity index (χ2n) is 4.95. The molecule has 0 saturated heterocycles.